The van der Waals surface area contributed by atoms with Gasteiger partial charge in [0.1, 0.15) is 0 Å². The Hall–Kier alpha value is -1.55. The Kier molecular flexibility index (Phi) is 3.63. The number of piperidine rings is 1. The number of ketones is 1. The summed E-state index contributed by atoms with van der Waals surface area (Å²) in [5.41, 5.74) is 2.22. The number of benzene rings is 1. The molecule has 3 aliphatic carbocycles. The normalized spacial score (nSPS) is 39.1. The lowest BCUT2D eigenvalue weighted by molar-refractivity contribution is -0.165. The minimum Gasteiger partial charge on any atom is -0.493 e. The summed E-state index contributed by atoms with van der Waals surface area (Å²) in [6.45, 7) is 8.98. The van der Waals surface area contributed by atoms with Gasteiger partial charge in [0.25, 0.3) is 0 Å². The van der Waals surface area contributed by atoms with Crippen molar-refractivity contribution < 1.29 is 14.3 Å². The van der Waals surface area contributed by atoms with Gasteiger partial charge in [0.2, 0.25) is 0 Å². The maximum absolute atomic E-state index is 13.8. The predicted molar refractivity (Wildman–Crippen MR) is 112 cm³/mol. The van der Waals surface area contributed by atoms with Gasteiger partial charge in [-0.3, -0.25) is 9.69 Å². The number of rotatable bonds is 4. The van der Waals surface area contributed by atoms with Crippen LogP contribution in [0, 0.1) is 23.2 Å². The van der Waals surface area contributed by atoms with E-state index in [0.717, 1.165) is 43.2 Å². The molecule has 29 heavy (non-hydrogen) atoms. The molecule has 0 aromatic heterocycles. The van der Waals surface area contributed by atoms with Crippen molar-refractivity contribution >= 4 is 5.78 Å². The van der Waals surface area contributed by atoms with Crippen LogP contribution in [0.5, 0.6) is 11.5 Å². The van der Waals surface area contributed by atoms with Crippen LogP contribution in [0.15, 0.2) is 12.1 Å². The third-order valence-corrected chi connectivity index (χ3v) is 9.18. The first kappa shape index (κ1) is 18.2. The van der Waals surface area contributed by atoms with Gasteiger partial charge in [-0.2, -0.15) is 0 Å². The molecule has 0 amide bonds. The highest BCUT2D eigenvalue weighted by atomic mass is 16.5. The number of carbonyl (C=O) groups excluding carboxylic acids is 1. The molecule has 5 aliphatic rings. The highest BCUT2D eigenvalue weighted by Gasteiger charge is 2.71. The van der Waals surface area contributed by atoms with Crippen LogP contribution < -0.4 is 9.47 Å². The fourth-order valence-electron chi connectivity index (χ4n) is 7.73. The molecule has 2 bridgehead atoms. The largest absolute Gasteiger partial charge is 0.493 e. The summed E-state index contributed by atoms with van der Waals surface area (Å²) in [7, 11) is 1.71. The number of methoxy groups -OCH3 is 1. The quantitative estimate of drug-likeness (QED) is 0.773. The van der Waals surface area contributed by atoms with E-state index in [1.807, 2.05) is 0 Å². The van der Waals surface area contributed by atoms with Gasteiger partial charge in [0, 0.05) is 29.0 Å². The molecular weight excluding hydrogens is 362 g/mol. The minimum absolute atomic E-state index is 0.157. The molecule has 0 radical (unpaired) electrons. The van der Waals surface area contributed by atoms with Crippen LogP contribution in [0.1, 0.15) is 57.6 Å². The number of hydrogen-bond donors (Lipinski definition) is 0. The summed E-state index contributed by atoms with van der Waals surface area (Å²) < 4.78 is 12.3. The Balaban J connectivity index is 1.58. The number of ether oxygens (including phenoxy) is 2. The Morgan fingerprint density at radius 1 is 1.28 bits per heavy atom. The van der Waals surface area contributed by atoms with Gasteiger partial charge in [0.15, 0.2) is 23.4 Å². The maximum Gasteiger partial charge on any atom is 0.180 e. The van der Waals surface area contributed by atoms with Crippen molar-refractivity contribution in [3.8, 4) is 11.5 Å². The zero-order valence-corrected chi connectivity index (χ0v) is 18.2. The third kappa shape index (κ3) is 2.12. The first-order chi connectivity index (χ1) is 13.9. The SMILES string of the molecule is CC[C@@H]1C2[C@H]3Cc4ccc(OC)c5c4[C@@]2(CCN3CC2CC2)[C@@H](O5)C(=O)C1(C)C. The molecule has 1 saturated heterocycles. The van der Waals surface area contributed by atoms with Crippen LogP contribution in [-0.4, -0.2) is 43.0 Å². The van der Waals surface area contributed by atoms with E-state index in [-0.39, 0.29) is 16.9 Å². The van der Waals surface area contributed by atoms with E-state index in [4.69, 9.17) is 9.47 Å². The van der Waals surface area contributed by atoms with Gasteiger partial charge in [-0.1, -0.05) is 33.3 Å². The summed E-state index contributed by atoms with van der Waals surface area (Å²) in [5, 5.41) is 0. The minimum atomic E-state index is -0.346. The van der Waals surface area contributed by atoms with E-state index >= 15 is 0 Å². The average molecular weight is 396 g/mol. The smallest absolute Gasteiger partial charge is 0.180 e. The van der Waals surface area contributed by atoms with Crippen molar-refractivity contribution in [3.63, 3.8) is 0 Å². The summed E-state index contributed by atoms with van der Waals surface area (Å²) in [6.07, 6.45) is 5.62. The Morgan fingerprint density at radius 3 is 2.76 bits per heavy atom. The molecule has 1 aromatic rings. The Labute approximate surface area is 173 Å². The highest BCUT2D eigenvalue weighted by molar-refractivity contribution is 5.94. The van der Waals surface area contributed by atoms with Crippen molar-refractivity contribution in [2.45, 2.75) is 70.4 Å². The van der Waals surface area contributed by atoms with Crippen molar-refractivity contribution in [3.05, 3.63) is 23.3 Å². The van der Waals surface area contributed by atoms with Crippen LogP contribution >= 0.6 is 0 Å². The lowest BCUT2D eigenvalue weighted by Gasteiger charge is -2.63. The molecule has 4 nitrogen and oxygen atoms in total. The number of likely N-dealkylation sites (tertiary alicyclic amines) is 1. The summed E-state index contributed by atoms with van der Waals surface area (Å²) in [5.74, 6) is 3.75. The van der Waals surface area contributed by atoms with E-state index < -0.39 is 0 Å². The van der Waals surface area contributed by atoms with Gasteiger partial charge in [-0.25, -0.2) is 0 Å². The van der Waals surface area contributed by atoms with Crippen LogP contribution in [-0.2, 0) is 16.6 Å². The third-order valence-electron chi connectivity index (χ3n) is 9.18. The zero-order chi connectivity index (χ0) is 20.1. The fourth-order valence-corrected chi connectivity index (χ4v) is 7.73. The van der Waals surface area contributed by atoms with E-state index in [0.29, 0.717) is 23.7 Å². The second-order valence-corrected chi connectivity index (χ2v) is 10.8. The molecule has 156 valence electrons. The molecule has 5 atom stereocenters. The van der Waals surface area contributed by atoms with Gasteiger partial charge in [-0.05, 0) is 61.6 Å². The summed E-state index contributed by atoms with van der Waals surface area (Å²) in [4.78, 5) is 16.6. The summed E-state index contributed by atoms with van der Waals surface area (Å²) in [6, 6.07) is 4.83. The first-order valence-corrected chi connectivity index (χ1v) is 11.6. The lowest BCUT2D eigenvalue weighted by Crippen LogP contribution is -2.72. The van der Waals surface area contributed by atoms with Crippen molar-refractivity contribution in [1.82, 2.24) is 4.90 Å². The molecule has 1 spiro atoms. The predicted octanol–water partition coefficient (Wildman–Crippen LogP) is 3.99. The molecule has 2 saturated carbocycles. The monoisotopic (exact) mass is 395 g/mol. The van der Waals surface area contributed by atoms with E-state index in [2.05, 4.69) is 37.8 Å². The molecule has 6 rings (SSSR count). The number of hydrogen-bond acceptors (Lipinski definition) is 4. The van der Waals surface area contributed by atoms with Crippen molar-refractivity contribution in [1.29, 1.82) is 0 Å². The maximum atomic E-state index is 13.8. The molecule has 3 fully saturated rings. The Bertz CT molecular complexity index is 888. The fraction of sp³-hybridized carbons (Fsp3) is 0.720. The van der Waals surface area contributed by atoms with E-state index in [9.17, 15) is 4.79 Å². The topological polar surface area (TPSA) is 38.8 Å². The molecule has 1 unspecified atom stereocenters. The second kappa shape index (κ2) is 5.78. The molecule has 2 heterocycles. The van der Waals surface area contributed by atoms with Crippen molar-refractivity contribution in [2.24, 2.45) is 23.2 Å². The van der Waals surface area contributed by atoms with Gasteiger partial charge < -0.3 is 9.47 Å². The van der Waals surface area contributed by atoms with Crippen LogP contribution in [0.2, 0.25) is 0 Å². The van der Waals surface area contributed by atoms with Crippen molar-refractivity contribution in [2.75, 3.05) is 20.2 Å². The average Bonchev–Trinajstić information content (AvgIpc) is 3.45. The molecule has 2 aliphatic heterocycles. The van der Waals surface area contributed by atoms with Gasteiger partial charge in [-0.15, -0.1) is 0 Å². The van der Waals surface area contributed by atoms with E-state index in [1.54, 1.807) is 7.11 Å². The lowest BCUT2D eigenvalue weighted by atomic mass is 9.43. The standard InChI is InChI=1S/C25H33NO3/c1-5-16-20-17-12-15-8-9-18(28-4)21-19(15)25(20,10-11-26(17)13-14-6-7-14)23(29-21)22(27)24(16,2)3/h8-9,14,16-17,20,23H,5-7,10-13H2,1-4H3/t16-,17-,20?,23+,25-/m1/s1. The zero-order valence-electron chi connectivity index (χ0n) is 18.2. The molecular formula is C25H33NO3. The van der Waals surface area contributed by atoms with Crippen LogP contribution in [0.4, 0.5) is 0 Å². The van der Waals surface area contributed by atoms with Crippen LogP contribution in [0.3, 0.4) is 0 Å². The molecule has 4 heteroatoms. The number of Topliss-reactive ketones (excluding diaryl/α,β-unsaturated/α-hetero) is 1. The summed E-state index contributed by atoms with van der Waals surface area (Å²) >= 11 is 0. The highest BCUT2D eigenvalue weighted by Crippen LogP contribution is 2.67. The van der Waals surface area contributed by atoms with E-state index in [1.165, 1.54) is 30.5 Å². The van der Waals surface area contributed by atoms with Gasteiger partial charge >= 0.3 is 0 Å². The van der Waals surface area contributed by atoms with Gasteiger partial charge in [0.05, 0.1) is 7.11 Å². The second-order valence-electron chi connectivity index (χ2n) is 10.8. The number of carbonyl (C=O) groups is 1. The first-order valence-electron chi connectivity index (χ1n) is 11.6. The number of nitrogens with zero attached hydrogens (tertiary/aromatic N) is 1. The van der Waals surface area contributed by atoms with Crippen LogP contribution in [0.25, 0.3) is 0 Å². The molecule has 1 aromatic carbocycles. The Morgan fingerprint density at radius 2 is 2.07 bits per heavy atom. The molecule has 0 N–H and O–H groups in total.